The number of nitrogen functional groups attached to an aromatic ring is 1. The molecule has 0 unspecified atom stereocenters. The van der Waals surface area contributed by atoms with Crippen molar-refractivity contribution in [2.24, 2.45) is 0 Å². The Kier molecular flexibility index (Phi) is 4.38. The summed E-state index contributed by atoms with van der Waals surface area (Å²) < 4.78 is 6.63. The van der Waals surface area contributed by atoms with Crippen molar-refractivity contribution >= 4 is 33.2 Å². The molecule has 1 aliphatic heterocycles. The van der Waals surface area contributed by atoms with E-state index in [0.717, 1.165) is 34.7 Å². The van der Waals surface area contributed by atoms with E-state index >= 15 is 0 Å². The largest absolute Gasteiger partial charge is 0.384 e. The molecule has 0 radical (unpaired) electrons. The van der Waals surface area contributed by atoms with Crippen LogP contribution in [0.15, 0.2) is 54.7 Å². The summed E-state index contributed by atoms with van der Waals surface area (Å²) in [5, 5.41) is 0. The van der Waals surface area contributed by atoms with Crippen LogP contribution in [0.5, 0.6) is 0 Å². The minimum Gasteiger partial charge on any atom is -0.384 e. The first kappa shape index (κ1) is 17.1. The normalized spacial score (nSPS) is 14.5. The monoisotopic (exact) mass is 389 g/mol. The van der Waals surface area contributed by atoms with Gasteiger partial charge in [0.15, 0.2) is 11.6 Å². The van der Waals surface area contributed by atoms with Crippen molar-refractivity contribution in [3.05, 3.63) is 54.7 Å². The SMILES string of the molecule is Nc1ccc(-c2nc(N3CCOCC3)c3sc(-c4ccccc4)cc3n2)cn1. The summed E-state index contributed by atoms with van der Waals surface area (Å²) in [6, 6.07) is 16.2. The van der Waals surface area contributed by atoms with Gasteiger partial charge in [-0.25, -0.2) is 15.0 Å². The Morgan fingerprint density at radius 3 is 2.54 bits per heavy atom. The van der Waals surface area contributed by atoms with Gasteiger partial charge in [0.1, 0.15) is 5.82 Å². The van der Waals surface area contributed by atoms with Gasteiger partial charge in [0.25, 0.3) is 0 Å². The number of rotatable bonds is 3. The first-order chi connectivity index (χ1) is 13.8. The maximum absolute atomic E-state index is 5.74. The van der Waals surface area contributed by atoms with E-state index in [0.29, 0.717) is 24.9 Å². The molecule has 7 heteroatoms. The summed E-state index contributed by atoms with van der Waals surface area (Å²) in [6.45, 7) is 3.07. The first-order valence-electron chi connectivity index (χ1n) is 9.19. The molecule has 5 rings (SSSR count). The number of pyridine rings is 1. The van der Waals surface area contributed by atoms with E-state index in [9.17, 15) is 0 Å². The lowest BCUT2D eigenvalue weighted by Crippen LogP contribution is -2.36. The highest BCUT2D eigenvalue weighted by Gasteiger charge is 2.20. The van der Waals surface area contributed by atoms with Crippen molar-refractivity contribution in [2.45, 2.75) is 0 Å². The van der Waals surface area contributed by atoms with Crippen molar-refractivity contribution in [1.82, 2.24) is 15.0 Å². The topological polar surface area (TPSA) is 77.2 Å². The van der Waals surface area contributed by atoms with Crippen LogP contribution in [0.25, 0.3) is 32.0 Å². The molecular formula is C21H19N5OS. The van der Waals surface area contributed by atoms with E-state index in [2.05, 4.69) is 40.2 Å². The number of fused-ring (bicyclic) bond motifs is 1. The number of benzene rings is 1. The van der Waals surface area contributed by atoms with Gasteiger partial charge in [-0.3, -0.25) is 0 Å². The lowest BCUT2D eigenvalue weighted by atomic mass is 10.2. The van der Waals surface area contributed by atoms with Gasteiger partial charge in [-0.1, -0.05) is 30.3 Å². The number of nitrogens with zero attached hydrogens (tertiary/aromatic N) is 4. The molecule has 0 saturated carbocycles. The van der Waals surface area contributed by atoms with Crippen molar-refractivity contribution in [2.75, 3.05) is 36.9 Å². The predicted octanol–water partition coefficient (Wildman–Crippen LogP) is 3.84. The predicted molar refractivity (Wildman–Crippen MR) is 114 cm³/mol. The molecule has 28 heavy (non-hydrogen) atoms. The molecule has 0 aliphatic carbocycles. The summed E-state index contributed by atoms with van der Waals surface area (Å²) in [4.78, 5) is 17.4. The number of hydrogen-bond donors (Lipinski definition) is 1. The van der Waals surface area contributed by atoms with Crippen LogP contribution in [0.3, 0.4) is 0 Å². The third kappa shape index (κ3) is 3.19. The fraction of sp³-hybridized carbons (Fsp3) is 0.190. The van der Waals surface area contributed by atoms with Crippen LogP contribution in [-0.4, -0.2) is 41.3 Å². The number of anilines is 2. The summed E-state index contributed by atoms with van der Waals surface area (Å²) >= 11 is 1.73. The molecule has 6 nitrogen and oxygen atoms in total. The quantitative estimate of drug-likeness (QED) is 0.574. The van der Waals surface area contributed by atoms with Crippen LogP contribution >= 0.6 is 11.3 Å². The summed E-state index contributed by atoms with van der Waals surface area (Å²) in [6.07, 6.45) is 1.73. The number of aromatic nitrogens is 3. The zero-order chi connectivity index (χ0) is 18.9. The summed E-state index contributed by atoms with van der Waals surface area (Å²) in [7, 11) is 0. The zero-order valence-corrected chi connectivity index (χ0v) is 16.0. The molecule has 1 saturated heterocycles. The standard InChI is InChI=1S/C21H19N5OS/c22-18-7-6-15(13-23-18)20-24-16-12-17(14-4-2-1-3-5-14)28-19(16)21(25-20)26-8-10-27-11-9-26/h1-7,12-13H,8-11H2,(H2,22,23). The molecule has 2 N–H and O–H groups in total. The number of nitrogens with two attached hydrogens (primary N) is 1. The van der Waals surface area contributed by atoms with Gasteiger partial charge in [0, 0.05) is 29.7 Å². The van der Waals surface area contributed by atoms with Crippen LogP contribution in [0.2, 0.25) is 0 Å². The van der Waals surface area contributed by atoms with Crippen molar-refractivity contribution < 1.29 is 4.74 Å². The lowest BCUT2D eigenvalue weighted by Gasteiger charge is -2.28. The Hall–Kier alpha value is -3.03. The van der Waals surface area contributed by atoms with Crippen LogP contribution in [0.4, 0.5) is 11.6 Å². The zero-order valence-electron chi connectivity index (χ0n) is 15.2. The molecule has 0 amide bonds. The number of thiophene rings is 1. The van der Waals surface area contributed by atoms with E-state index in [-0.39, 0.29) is 0 Å². The minimum atomic E-state index is 0.486. The molecule has 0 atom stereocenters. The molecule has 3 aromatic heterocycles. The number of hydrogen-bond acceptors (Lipinski definition) is 7. The second kappa shape index (κ2) is 7.18. The summed E-state index contributed by atoms with van der Waals surface area (Å²) in [5.74, 6) is 2.12. The average molecular weight is 389 g/mol. The van der Waals surface area contributed by atoms with Crippen LogP contribution in [-0.2, 0) is 4.74 Å². The highest BCUT2D eigenvalue weighted by atomic mass is 32.1. The number of morpholine rings is 1. The van der Waals surface area contributed by atoms with E-state index in [4.69, 9.17) is 20.4 Å². The third-order valence-corrected chi connectivity index (χ3v) is 5.94. The van der Waals surface area contributed by atoms with E-state index in [1.54, 1.807) is 23.6 Å². The Labute approximate surface area is 166 Å². The second-order valence-electron chi connectivity index (χ2n) is 6.63. The second-order valence-corrected chi connectivity index (χ2v) is 7.69. The first-order valence-corrected chi connectivity index (χ1v) is 10.0. The molecule has 1 aliphatic rings. The van der Waals surface area contributed by atoms with E-state index in [1.807, 2.05) is 12.1 Å². The molecule has 1 fully saturated rings. The molecule has 0 spiro atoms. The van der Waals surface area contributed by atoms with E-state index in [1.165, 1.54) is 10.4 Å². The highest BCUT2D eigenvalue weighted by molar-refractivity contribution is 7.22. The Morgan fingerprint density at radius 1 is 0.964 bits per heavy atom. The highest BCUT2D eigenvalue weighted by Crippen LogP contribution is 2.38. The molecular weight excluding hydrogens is 370 g/mol. The minimum absolute atomic E-state index is 0.486. The summed E-state index contributed by atoms with van der Waals surface area (Å²) in [5.41, 5.74) is 8.74. The van der Waals surface area contributed by atoms with Crippen molar-refractivity contribution in [3.8, 4) is 21.8 Å². The van der Waals surface area contributed by atoms with Gasteiger partial charge in [-0.15, -0.1) is 11.3 Å². The van der Waals surface area contributed by atoms with Crippen LogP contribution in [0, 0.1) is 0 Å². The van der Waals surface area contributed by atoms with Gasteiger partial charge in [-0.05, 0) is 23.8 Å². The molecule has 0 bridgehead atoms. The average Bonchev–Trinajstić information content (AvgIpc) is 3.19. The Bertz CT molecular complexity index is 1110. The smallest absolute Gasteiger partial charge is 0.163 e. The maximum Gasteiger partial charge on any atom is 0.163 e. The van der Waals surface area contributed by atoms with Gasteiger partial charge >= 0.3 is 0 Å². The van der Waals surface area contributed by atoms with Crippen LogP contribution < -0.4 is 10.6 Å². The Morgan fingerprint density at radius 2 is 1.79 bits per heavy atom. The van der Waals surface area contributed by atoms with Crippen molar-refractivity contribution in [1.29, 1.82) is 0 Å². The van der Waals surface area contributed by atoms with Gasteiger partial charge in [0.2, 0.25) is 0 Å². The Balaban J connectivity index is 1.68. The molecule has 4 heterocycles. The third-order valence-electron chi connectivity index (χ3n) is 4.77. The lowest BCUT2D eigenvalue weighted by molar-refractivity contribution is 0.122. The maximum atomic E-state index is 5.74. The van der Waals surface area contributed by atoms with Gasteiger partial charge in [-0.2, -0.15) is 0 Å². The number of ether oxygens (including phenoxy) is 1. The van der Waals surface area contributed by atoms with Gasteiger partial charge < -0.3 is 15.4 Å². The van der Waals surface area contributed by atoms with Gasteiger partial charge in [0.05, 0.1) is 23.4 Å². The molecule has 4 aromatic rings. The van der Waals surface area contributed by atoms with Crippen molar-refractivity contribution in [3.63, 3.8) is 0 Å². The molecule has 140 valence electrons. The fourth-order valence-corrected chi connectivity index (χ4v) is 4.44. The fourth-order valence-electron chi connectivity index (χ4n) is 3.32. The van der Waals surface area contributed by atoms with Crippen LogP contribution in [0.1, 0.15) is 0 Å². The molecule has 1 aromatic carbocycles. The van der Waals surface area contributed by atoms with E-state index < -0.39 is 0 Å².